The Morgan fingerprint density at radius 3 is 2.55 bits per heavy atom. The third kappa shape index (κ3) is 3.78. The number of aryl methyl sites for hydroxylation is 1. The maximum Gasteiger partial charge on any atom is 0.408 e. The average Bonchev–Trinajstić information content (AvgIpc) is 2.75. The molecule has 0 spiro atoms. The fourth-order valence-electron chi connectivity index (χ4n) is 2.08. The highest BCUT2D eigenvalue weighted by Crippen LogP contribution is 2.25. The second-order valence-corrected chi connectivity index (χ2v) is 6.10. The van der Waals surface area contributed by atoms with Crippen LogP contribution in [0.2, 0.25) is 0 Å². The van der Waals surface area contributed by atoms with E-state index in [-0.39, 0.29) is 12.1 Å². The molecular weight excluding hydrogens is 286 g/mol. The summed E-state index contributed by atoms with van der Waals surface area (Å²) >= 11 is 0. The first-order valence-electron chi connectivity index (χ1n) is 6.89. The van der Waals surface area contributed by atoms with Crippen molar-refractivity contribution in [1.29, 1.82) is 0 Å². The first-order valence-corrected chi connectivity index (χ1v) is 6.89. The van der Waals surface area contributed by atoms with E-state index in [0.717, 1.165) is 5.56 Å². The molecule has 0 aliphatic heterocycles. The van der Waals surface area contributed by atoms with E-state index in [0.29, 0.717) is 16.7 Å². The lowest BCUT2D eigenvalue weighted by Gasteiger charge is -2.19. The molecule has 0 atom stereocenters. The van der Waals surface area contributed by atoms with Gasteiger partial charge in [-0.15, -0.1) is 0 Å². The van der Waals surface area contributed by atoms with Gasteiger partial charge in [-0.2, -0.15) is 0 Å². The number of nitrogens with one attached hydrogen (secondary N) is 1. The van der Waals surface area contributed by atoms with Crippen LogP contribution >= 0.6 is 0 Å². The van der Waals surface area contributed by atoms with Crippen molar-refractivity contribution in [2.45, 2.75) is 39.8 Å². The minimum absolute atomic E-state index is 0.110. The summed E-state index contributed by atoms with van der Waals surface area (Å²) in [6.07, 6.45) is -0.553. The predicted molar refractivity (Wildman–Crippen MR) is 81.0 cm³/mol. The zero-order valence-corrected chi connectivity index (χ0v) is 13.0. The highest BCUT2D eigenvalue weighted by Gasteiger charge is 2.18. The van der Waals surface area contributed by atoms with Crippen molar-refractivity contribution in [2.24, 2.45) is 0 Å². The van der Waals surface area contributed by atoms with Crippen LogP contribution in [0.5, 0.6) is 0 Å². The summed E-state index contributed by atoms with van der Waals surface area (Å²) in [4.78, 5) is 22.9. The molecule has 0 bridgehead atoms. The van der Waals surface area contributed by atoms with Crippen molar-refractivity contribution in [3.63, 3.8) is 0 Å². The van der Waals surface area contributed by atoms with E-state index in [1.165, 1.54) is 0 Å². The van der Waals surface area contributed by atoms with Gasteiger partial charge in [0.2, 0.25) is 0 Å². The van der Waals surface area contributed by atoms with Gasteiger partial charge in [0.1, 0.15) is 22.5 Å². The molecule has 0 saturated carbocycles. The van der Waals surface area contributed by atoms with E-state index in [9.17, 15) is 14.7 Å². The van der Waals surface area contributed by atoms with E-state index in [1.807, 2.05) is 13.0 Å². The van der Waals surface area contributed by atoms with Crippen LogP contribution in [0.1, 0.15) is 42.5 Å². The topological polar surface area (TPSA) is 88.8 Å². The Balaban J connectivity index is 2.18. The number of hydrogen-bond donors (Lipinski definition) is 2. The van der Waals surface area contributed by atoms with E-state index in [2.05, 4.69) is 5.32 Å². The first kappa shape index (κ1) is 15.9. The van der Waals surface area contributed by atoms with Gasteiger partial charge in [-0.05, 0) is 51.5 Å². The minimum Gasteiger partial charge on any atom is -0.478 e. The van der Waals surface area contributed by atoms with E-state index < -0.39 is 17.7 Å². The molecule has 22 heavy (non-hydrogen) atoms. The predicted octanol–water partition coefficient (Wildman–Crippen LogP) is 3.46. The Kier molecular flexibility index (Phi) is 4.12. The molecule has 6 heteroatoms. The maximum atomic E-state index is 11.6. The highest BCUT2D eigenvalue weighted by molar-refractivity contribution is 6.01. The lowest BCUT2D eigenvalue weighted by molar-refractivity contribution is 0.0519. The number of carboxylic acid groups (broad SMARTS) is 1. The molecule has 1 aromatic carbocycles. The zero-order valence-electron chi connectivity index (χ0n) is 13.0. The van der Waals surface area contributed by atoms with Gasteiger partial charge in [0.05, 0.1) is 6.54 Å². The smallest absolute Gasteiger partial charge is 0.408 e. The van der Waals surface area contributed by atoms with Gasteiger partial charge in [0.15, 0.2) is 0 Å². The number of fused-ring (bicyclic) bond motifs is 1. The van der Waals surface area contributed by atoms with Crippen LogP contribution in [0.25, 0.3) is 11.0 Å². The highest BCUT2D eigenvalue weighted by atomic mass is 16.6. The standard InChI is InChI=1S/C16H19NO5/c1-9-5-10-7-11(8-17-15(20)22-16(2,3)4)21-13(10)12(6-9)14(18)19/h5-7H,8H2,1-4H3,(H,17,20)(H,18,19). The number of ether oxygens (including phenoxy) is 1. The molecule has 0 aliphatic rings. The molecule has 1 aromatic heterocycles. The van der Waals surface area contributed by atoms with Gasteiger partial charge in [-0.1, -0.05) is 0 Å². The second kappa shape index (κ2) is 5.71. The van der Waals surface area contributed by atoms with Crippen molar-refractivity contribution in [3.8, 4) is 0 Å². The summed E-state index contributed by atoms with van der Waals surface area (Å²) in [6, 6.07) is 5.10. The first-order chi connectivity index (χ1) is 10.2. The molecule has 0 fully saturated rings. The Labute approximate surface area is 128 Å². The van der Waals surface area contributed by atoms with Gasteiger partial charge >= 0.3 is 12.1 Å². The number of hydrogen-bond acceptors (Lipinski definition) is 4. The van der Waals surface area contributed by atoms with Gasteiger partial charge in [-0.25, -0.2) is 9.59 Å². The van der Waals surface area contributed by atoms with Gasteiger partial charge < -0.3 is 19.6 Å². The van der Waals surface area contributed by atoms with Crippen LogP contribution < -0.4 is 5.32 Å². The molecule has 0 radical (unpaired) electrons. The van der Waals surface area contributed by atoms with Gasteiger partial charge in [0, 0.05) is 5.39 Å². The molecule has 0 unspecified atom stereocenters. The normalized spacial score (nSPS) is 11.5. The number of carbonyl (C=O) groups is 2. The van der Waals surface area contributed by atoms with Crippen molar-refractivity contribution in [2.75, 3.05) is 0 Å². The summed E-state index contributed by atoms with van der Waals surface area (Å²) < 4.78 is 10.7. The van der Waals surface area contributed by atoms with Crippen LogP contribution in [-0.4, -0.2) is 22.8 Å². The number of carboxylic acids is 1. The summed E-state index contributed by atoms with van der Waals surface area (Å²) in [7, 11) is 0. The average molecular weight is 305 g/mol. The zero-order chi connectivity index (χ0) is 16.5. The molecule has 1 amide bonds. The van der Waals surface area contributed by atoms with Crippen molar-refractivity contribution in [1.82, 2.24) is 5.32 Å². The van der Waals surface area contributed by atoms with Crippen LogP contribution in [-0.2, 0) is 11.3 Å². The number of alkyl carbamates (subject to hydrolysis) is 1. The number of aromatic carboxylic acids is 1. The molecule has 6 nitrogen and oxygen atoms in total. The van der Waals surface area contributed by atoms with Gasteiger partial charge in [-0.3, -0.25) is 0 Å². The second-order valence-electron chi connectivity index (χ2n) is 6.10. The summed E-state index contributed by atoms with van der Waals surface area (Å²) in [5.74, 6) is -0.580. The summed E-state index contributed by atoms with van der Waals surface area (Å²) in [6.45, 7) is 7.26. The fraction of sp³-hybridized carbons (Fsp3) is 0.375. The lowest BCUT2D eigenvalue weighted by Crippen LogP contribution is -2.32. The van der Waals surface area contributed by atoms with Crippen LogP contribution in [0.3, 0.4) is 0 Å². The number of benzene rings is 1. The Morgan fingerprint density at radius 1 is 1.27 bits per heavy atom. The van der Waals surface area contributed by atoms with E-state index in [4.69, 9.17) is 9.15 Å². The van der Waals surface area contributed by atoms with Crippen LogP contribution in [0.4, 0.5) is 4.79 Å². The van der Waals surface area contributed by atoms with Crippen LogP contribution in [0.15, 0.2) is 22.6 Å². The molecule has 1 heterocycles. The summed E-state index contributed by atoms with van der Waals surface area (Å²) in [5, 5.41) is 12.5. The summed E-state index contributed by atoms with van der Waals surface area (Å²) in [5.41, 5.74) is 0.668. The third-order valence-corrected chi connectivity index (χ3v) is 2.85. The molecule has 2 rings (SSSR count). The molecule has 118 valence electrons. The third-order valence-electron chi connectivity index (χ3n) is 2.85. The Morgan fingerprint density at radius 2 is 1.95 bits per heavy atom. The van der Waals surface area contributed by atoms with Gasteiger partial charge in [0.25, 0.3) is 0 Å². The quantitative estimate of drug-likeness (QED) is 0.906. The monoisotopic (exact) mass is 305 g/mol. The fourth-order valence-corrected chi connectivity index (χ4v) is 2.08. The number of furan rings is 1. The SMILES string of the molecule is Cc1cc(C(=O)O)c2oc(CNC(=O)OC(C)(C)C)cc2c1. The molecule has 2 N–H and O–H groups in total. The lowest BCUT2D eigenvalue weighted by atomic mass is 10.1. The maximum absolute atomic E-state index is 11.6. The number of carbonyl (C=O) groups excluding carboxylic acids is 1. The molecule has 2 aromatic rings. The molecular formula is C16H19NO5. The minimum atomic E-state index is -1.05. The molecule has 0 aliphatic carbocycles. The Bertz CT molecular complexity index is 724. The number of rotatable bonds is 3. The largest absolute Gasteiger partial charge is 0.478 e. The van der Waals surface area contributed by atoms with Crippen LogP contribution in [0, 0.1) is 6.92 Å². The van der Waals surface area contributed by atoms with Crippen molar-refractivity contribution >= 4 is 23.0 Å². The van der Waals surface area contributed by atoms with E-state index >= 15 is 0 Å². The molecule has 0 saturated heterocycles. The van der Waals surface area contributed by atoms with E-state index in [1.54, 1.807) is 32.9 Å². The number of amides is 1. The Hall–Kier alpha value is -2.50. The van der Waals surface area contributed by atoms with Crippen molar-refractivity contribution < 1.29 is 23.8 Å². The van der Waals surface area contributed by atoms with Crippen molar-refractivity contribution in [3.05, 3.63) is 35.1 Å².